The van der Waals surface area contributed by atoms with Gasteiger partial charge in [-0.25, -0.2) is 0 Å². The maximum atomic E-state index is 9.09. The first-order valence-electron chi connectivity index (χ1n) is 3.60. The van der Waals surface area contributed by atoms with Crippen LogP contribution in [0.5, 0.6) is 0 Å². The first-order chi connectivity index (χ1) is 4.62. The molecule has 0 rings (SSSR count). The fourth-order valence-electron chi connectivity index (χ4n) is 0.593. The summed E-state index contributed by atoms with van der Waals surface area (Å²) in [5.74, 6) is 0. The second-order valence-electron chi connectivity index (χ2n) is 2.22. The van der Waals surface area contributed by atoms with Crippen molar-refractivity contribution in [2.24, 2.45) is 0 Å². The Hall–Kier alpha value is 0.310. The van der Waals surface area contributed by atoms with Gasteiger partial charge < -0.3 is 0 Å². The van der Waals surface area contributed by atoms with Crippen LogP contribution in [0.2, 0.25) is 0 Å². The quantitative estimate of drug-likeness (QED) is 0.611. The van der Waals surface area contributed by atoms with Crippen molar-refractivity contribution in [2.75, 3.05) is 12.8 Å². The van der Waals surface area contributed by atoms with Crippen LogP contribution in [0.1, 0.15) is 26.7 Å². The van der Waals surface area contributed by atoms with E-state index in [0.717, 1.165) is 12.8 Å². The average molecular weight is 167 g/mol. The summed E-state index contributed by atoms with van der Waals surface area (Å²) in [6.45, 7) is 4.28. The van der Waals surface area contributed by atoms with Crippen LogP contribution in [0.15, 0.2) is 0 Å². The smallest absolute Gasteiger partial charge is 0.193 e. The standard InChI is InChI=1S/C6H16O3P/c1-3-5-9-10(7,8)6-4-2/h7-8H,3-6H2,1-2H3/q+1. The van der Waals surface area contributed by atoms with Crippen LogP contribution in [0.25, 0.3) is 0 Å². The molecule has 0 bridgehead atoms. The van der Waals surface area contributed by atoms with Crippen molar-refractivity contribution < 1.29 is 14.3 Å². The molecule has 0 fully saturated rings. The van der Waals surface area contributed by atoms with Gasteiger partial charge in [0.05, 0.1) is 6.61 Å². The van der Waals surface area contributed by atoms with Crippen LogP contribution < -0.4 is 0 Å². The van der Waals surface area contributed by atoms with E-state index in [0.29, 0.717) is 12.8 Å². The van der Waals surface area contributed by atoms with Crippen molar-refractivity contribution in [3.63, 3.8) is 0 Å². The summed E-state index contributed by atoms with van der Waals surface area (Å²) in [6, 6.07) is 0. The molecule has 0 aromatic heterocycles. The van der Waals surface area contributed by atoms with Crippen molar-refractivity contribution in [3.05, 3.63) is 0 Å². The summed E-state index contributed by atoms with van der Waals surface area (Å²) in [6.07, 6.45) is 1.96. The molecule has 0 aliphatic carbocycles. The fraction of sp³-hybridized carbons (Fsp3) is 1.00. The van der Waals surface area contributed by atoms with Crippen molar-refractivity contribution >= 4 is 7.94 Å². The van der Waals surface area contributed by atoms with Gasteiger partial charge in [0.25, 0.3) is 0 Å². The zero-order valence-corrected chi connectivity index (χ0v) is 7.47. The molecule has 0 unspecified atom stereocenters. The molecule has 4 heteroatoms. The topological polar surface area (TPSA) is 49.7 Å². The lowest BCUT2D eigenvalue weighted by Crippen LogP contribution is -2.01. The van der Waals surface area contributed by atoms with Gasteiger partial charge in [0, 0.05) is 0 Å². The number of hydrogen-bond acceptors (Lipinski definition) is 3. The lowest BCUT2D eigenvalue weighted by molar-refractivity contribution is 0.229. The highest BCUT2D eigenvalue weighted by atomic mass is 31.2. The Balaban J connectivity index is 3.42. The van der Waals surface area contributed by atoms with Crippen LogP contribution in [0.3, 0.4) is 0 Å². The van der Waals surface area contributed by atoms with E-state index in [1.807, 2.05) is 13.8 Å². The molecular formula is C6H16O3P+. The summed E-state index contributed by atoms with van der Waals surface area (Å²) in [5.41, 5.74) is 0. The lowest BCUT2D eigenvalue weighted by Gasteiger charge is -2.08. The zero-order valence-electron chi connectivity index (χ0n) is 6.58. The van der Waals surface area contributed by atoms with Crippen molar-refractivity contribution in [1.82, 2.24) is 0 Å². The van der Waals surface area contributed by atoms with E-state index in [1.165, 1.54) is 0 Å². The number of hydrogen-bond donors (Lipinski definition) is 2. The highest BCUT2D eigenvalue weighted by Crippen LogP contribution is 2.51. The van der Waals surface area contributed by atoms with Gasteiger partial charge in [-0.05, 0) is 12.8 Å². The third kappa shape index (κ3) is 5.12. The van der Waals surface area contributed by atoms with Crippen LogP contribution in [0, 0.1) is 0 Å². The minimum absolute atomic E-state index is 0.382. The van der Waals surface area contributed by atoms with E-state index < -0.39 is 7.94 Å². The molecule has 0 aliphatic heterocycles. The molecule has 0 saturated heterocycles. The molecule has 0 aromatic carbocycles. The summed E-state index contributed by atoms with van der Waals surface area (Å²) in [5, 5.41) is 0. The fourth-order valence-corrected chi connectivity index (χ4v) is 1.78. The van der Waals surface area contributed by atoms with E-state index in [-0.39, 0.29) is 0 Å². The van der Waals surface area contributed by atoms with Crippen LogP contribution in [0.4, 0.5) is 0 Å². The Morgan fingerprint density at radius 1 is 1.20 bits per heavy atom. The molecule has 10 heavy (non-hydrogen) atoms. The van der Waals surface area contributed by atoms with Gasteiger partial charge in [-0.15, -0.1) is 0 Å². The van der Waals surface area contributed by atoms with E-state index in [4.69, 9.17) is 14.3 Å². The Morgan fingerprint density at radius 3 is 2.20 bits per heavy atom. The van der Waals surface area contributed by atoms with Gasteiger partial charge in [-0.3, -0.25) is 0 Å². The van der Waals surface area contributed by atoms with Crippen LogP contribution in [-0.4, -0.2) is 22.6 Å². The van der Waals surface area contributed by atoms with Gasteiger partial charge in [0.1, 0.15) is 6.16 Å². The highest BCUT2D eigenvalue weighted by molar-refractivity contribution is 7.59. The van der Waals surface area contributed by atoms with E-state index in [1.54, 1.807) is 0 Å². The first-order valence-corrected chi connectivity index (χ1v) is 5.40. The first kappa shape index (κ1) is 10.3. The van der Waals surface area contributed by atoms with Gasteiger partial charge in [-0.2, -0.15) is 14.3 Å². The summed E-state index contributed by atoms with van der Waals surface area (Å²) >= 11 is 0. The van der Waals surface area contributed by atoms with Gasteiger partial charge in [0.2, 0.25) is 0 Å². The molecule has 0 atom stereocenters. The Morgan fingerprint density at radius 2 is 1.80 bits per heavy atom. The van der Waals surface area contributed by atoms with Crippen molar-refractivity contribution in [3.8, 4) is 0 Å². The summed E-state index contributed by atoms with van der Waals surface area (Å²) < 4.78 is 4.84. The van der Waals surface area contributed by atoms with Crippen LogP contribution >= 0.6 is 7.94 Å². The minimum atomic E-state index is -2.96. The molecule has 0 spiro atoms. The highest BCUT2D eigenvalue weighted by Gasteiger charge is 2.33. The molecule has 0 radical (unpaired) electrons. The molecule has 2 N–H and O–H groups in total. The lowest BCUT2D eigenvalue weighted by atomic mass is 10.5. The molecule has 0 aromatic rings. The Kier molecular flexibility index (Phi) is 5.18. The maximum absolute atomic E-state index is 9.09. The molecule has 0 saturated carbocycles. The second-order valence-corrected chi connectivity index (χ2v) is 4.26. The minimum Gasteiger partial charge on any atom is -0.193 e. The number of rotatable bonds is 5. The Bertz CT molecular complexity index is 85.1. The third-order valence-corrected chi connectivity index (χ3v) is 2.64. The van der Waals surface area contributed by atoms with Crippen molar-refractivity contribution in [2.45, 2.75) is 26.7 Å². The Labute approximate surface area is 62.6 Å². The summed E-state index contributed by atoms with van der Waals surface area (Å²) in [7, 11) is -2.96. The normalized spacial score (nSPS) is 12.0. The monoisotopic (exact) mass is 167 g/mol. The SMILES string of the molecule is CCCO[P+](O)(O)CCC. The zero-order chi connectivity index (χ0) is 8.04. The predicted octanol–water partition coefficient (Wildman–Crippen LogP) is 1.57. The van der Waals surface area contributed by atoms with Gasteiger partial charge in [0.15, 0.2) is 0 Å². The molecule has 62 valence electrons. The molecular weight excluding hydrogens is 151 g/mol. The second kappa shape index (κ2) is 5.03. The largest absolute Gasteiger partial charge is 0.406 e. The molecule has 0 aliphatic rings. The van der Waals surface area contributed by atoms with Gasteiger partial charge >= 0.3 is 7.94 Å². The van der Waals surface area contributed by atoms with Crippen LogP contribution in [-0.2, 0) is 4.52 Å². The summed E-state index contributed by atoms with van der Waals surface area (Å²) in [4.78, 5) is 18.2. The van der Waals surface area contributed by atoms with E-state index in [2.05, 4.69) is 0 Å². The van der Waals surface area contributed by atoms with Crippen molar-refractivity contribution in [1.29, 1.82) is 0 Å². The van der Waals surface area contributed by atoms with E-state index >= 15 is 0 Å². The van der Waals surface area contributed by atoms with Gasteiger partial charge in [-0.1, -0.05) is 13.8 Å². The molecule has 0 amide bonds. The average Bonchev–Trinajstić information content (AvgIpc) is 1.84. The third-order valence-electron chi connectivity index (χ3n) is 1.02. The molecule has 3 nitrogen and oxygen atoms in total. The van der Waals surface area contributed by atoms with E-state index in [9.17, 15) is 0 Å². The molecule has 0 heterocycles. The predicted molar refractivity (Wildman–Crippen MR) is 42.8 cm³/mol. The maximum Gasteiger partial charge on any atom is 0.406 e.